The number of hydrogen-bond donors (Lipinski definition) is 2. The van der Waals surface area contributed by atoms with Crippen molar-refractivity contribution in [2.45, 2.75) is 32.6 Å². The van der Waals surface area contributed by atoms with Gasteiger partial charge in [0.1, 0.15) is 0 Å². The van der Waals surface area contributed by atoms with E-state index < -0.39 is 0 Å². The van der Waals surface area contributed by atoms with Crippen molar-refractivity contribution in [2.24, 2.45) is 13.0 Å². The number of benzene rings is 1. The number of aryl methyl sites for hydroxylation is 1. The molecule has 1 fully saturated rings. The van der Waals surface area contributed by atoms with Gasteiger partial charge in [0, 0.05) is 18.5 Å². The maximum Gasteiger partial charge on any atom is 0.258 e. The van der Waals surface area contributed by atoms with Crippen LogP contribution in [0.15, 0.2) is 18.2 Å². The standard InChI is InChI=1S/C20H29N5O3.ClH/c1-13(2)12-28-16-6-5-15(11-17(16)27-4)19(26)23-20-22-18(24-25(20)3)14-7-9-21-10-8-14;/h5-6,11,13-14,21H,7-10,12H2,1-4H3,(H,22,23,24,26);1H. The van der Waals surface area contributed by atoms with E-state index in [2.05, 4.69) is 34.6 Å². The molecule has 0 bridgehead atoms. The first-order valence-corrected chi connectivity index (χ1v) is 9.71. The number of amides is 1. The van der Waals surface area contributed by atoms with Gasteiger partial charge in [-0.05, 0) is 50.0 Å². The molecule has 8 nitrogen and oxygen atoms in total. The van der Waals surface area contributed by atoms with Crippen molar-refractivity contribution in [1.29, 1.82) is 0 Å². The molecular weight excluding hydrogens is 394 g/mol. The Morgan fingerprint density at radius 1 is 1.31 bits per heavy atom. The number of nitrogens with zero attached hydrogens (tertiary/aromatic N) is 3. The van der Waals surface area contributed by atoms with Crippen molar-refractivity contribution in [2.75, 3.05) is 32.1 Å². The zero-order chi connectivity index (χ0) is 20.1. The molecule has 0 spiro atoms. The van der Waals surface area contributed by atoms with Crippen LogP contribution in [0.1, 0.15) is 48.8 Å². The lowest BCUT2D eigenvalue weighted by molar-refractivity contribution is 0.102. The number of halogens is 1. The minimum Gasteiger partial charge on any atom is -0.493 e. The molecule has 9 heteroatoms. The molecule has 0 radical (unpaired) electrons. The number of aromatic nitrogens is 3. The summed E-state index contributed by atoms with van der Waals surface area (Å²) in [5.74, 6) is 2.85. The lowest BCUT2D eigenvalue weighted by Crippen LogP contribution is -2.27. The normalized spacial score (nSPS) is 14.4. The molecule has 1 aliphatic rings. The van der Waals surface area contributed by atoms with E-state index in [-0.39, 0.29) is 18.3 Å². The Morgan fingerprint density at radius 3 is 2.69 bits per heavy atom. The van der Waals surface area contributed by atoms with E-state index in [0.717, 1.165) is 31.8 Å². The van der Waals surface area contributed by atoms with Gasteiger partial charge in [0.25, 0.3) is 5.91 Å². The van der Waals surface area contributed by atoms with Gasteiger partial charge >= 0.3 is 0 Å². The van der Waals surface area contributed by atoms with E-state index >= 15 is 0 Å². The Bertz CT molecular complexity index is 818. The maximum absolute atomic E-state index is 12.7. The topological polar surface area (TPSA) is 90.3 Å². The van der Waals surface area contributed by atoms with Gasteiger partial charge in [-0.2, -0.15) is 10.1 Å². The number of rotatable bonds is 7. The van der Waals surface area contributed by atoms with Crippen LogP contribution in [-0.4, -0.2) is 47.5 Å². The minimum atomic E-state index is -0.263. The monoisotopic (exact) mass is 423 g/mol. The van der Waals surface area contributed by atoms with Crippen LogP contribution in [0, 0.1) is 5.92 Å². The van der Waals surface area contributed by atoms with Crippen LogP contribution in [0.3, 0.4) is 0 Å². The van der Waals surface area contributed by atoms with E-state index in [0.29, 0.717) is 41.5 Å². The first-order valence-electron chi connectivity index (χ1n) is 9.71. The Labute approximate surface area is 177 Å². The fourth-order valence-electron chi connectivity index (χ4n) is 3.12. The zero-order valence-corrected chi connectivity index (χ0v) is 18.2. The fourth-order valence-corrected chi connectivity index (χ4v) is 3.12. The van der Waals surface area contributed by atoms with Crippen molar-refractivity contribution in [3.8, 4) is 11.5 Å². The third kappa shape index (κ3) is 5.83. The smallest absolute Gasteiger partial charge is 0.258 e. The number of anilines is 1. The van der Waals surface area contributed by atoms with E-state index in [4.69, 9.17) is 9.47 Å². The molecule has 1 aliphatic heterocycles. The van der Waals surface area contributed by atoms with Gasteiger partial charge in [0.05, 0.1) is 13.7 Å². The van der Waals surface area contributed by atoms with E-state index in [9.17, 15) is 4.79 Å². The highest BCUT2D eigenvalue weighted by atomic mass is 35.5. The summed E-state index contributed by atoms with van der Waals surface area (Å²) < 4.78 is 12.7. The average molecular weight is 424 g/mol. The van der Waals surface area contributed by atoms with Crippen LogP contribution >= 0.6 is 12.4 Å². The van der Waals surface area contributed by atoms with Crippen molar-refractivity contribution in [1.82, 2.24) is 20.1 Å². The number of carbonyl (C=O) groups excluding carboxylic acids is 1. The first kappa shape index (κ1) is 23.0. The second kappa shape index (κ2) is 10.5. The number of ether oxygens (including phenoxy) is 2. The Balaban J connectivity index is 0.00000300. The van der Waals surface area contributed by atoms with Gasteiger partial charge in [-0.15, -0.1) is 12.4 Å². The molecule has 2 N–H and O–H groups in total. The summed E-state index contributed by atoms with van der Waals surface area (Å²) in [6.45, 7) is 6.67. The number of carbonyl (C=O) groups is 1. The summed E-state index contributed by atoms with van der Waals surface area (Å²) in [6, 6.07) is 5.15. The largest absolute Gasteiger partial charge is 0.493 e. The highest BCUT2D eigenvalue weighted by Crippen LogP contribution is 2.29. The van der Waals surface area contributed by atoms with E-state index in [1.54, 1.807) is 37.0 Å². The second-order valence-electron chi connectivity index (χ2n) is 7.47. The molecular formula is C20H30ClN5O3. The maximum atomic E-state index is 12.7. The summed E-state index contributed by atoms with van der Waals surface area (Å²) in [6.07, 6.45) is 2.01. The predicted molar refractivity (Wildman–Crippen MR) is 114 cm³/mol. The molecule has 1 amide bonds. The molecule has 3 rings (SSSR count). The average Bonchev–Trinajstić information content (AvgIpc) is 3.07. The van der Waals surface area contributed by atoms with Crippen molar-refractivity contribution in [3.05, 3.63) is 29.6 Å². The molecule has 0 saturated carbocycles. The molecule has 0 unspecified atom stereocenters. The van der Waals surface area contributed by atoms with Crippen LogP contribution in [0.25, 0.3) is 0 Å². The molecule has 2 aromatic rings. The van der Waals surface area contributed by atoms with Gasteiger partial charge < -0.3 is 14.8 Å². The van der Waals surface area contributed by atoms with Crippen LogP contribution in [0.2, 0.25) is 0 Å². The molecule has 1 aromatic carbocycles. The Hall–Kier alpha value is -2.32. The van der Waals surface area contributed by atoms with E-state index in [1.165, 1.54) is 0 Å². The highest BCUT2D eigenvalue weighted by molar-refractivity contribution is 6.03. The van der Waals surface area contributed by atoms with Crippen LogP contribution in [0.5, 0.6) is 11.5 Å². The Morgan fingerprint density at radius 2 is 2.03 bits per heavy atom. The molecule has 29 heavy (non-hydrogen) atoms. The van der Waals surface area contributed by atoms with Crippen LogP contribution in [-0.2, 0) is 7.05 Å². The van der Waals surface area contributed by atoms with Crippen molar-refractivity contribution in [3.63, 3.8) is 0 Å². The summed E-state index contributed by atoms with van der Waals surface area (Å²) in [5.41, 5.74) is 0.472. The summed E-state index contributed by atoms with van der Waals surface area (Å²) >= 11 is 0. The van der Waals surface area contributed by atoms with Gasteiger partial charge in [0.2, 0.25) is 5.95 Å². The number of hydrogen-bond acceptors (Lipinski definition) is 6. The number of nitrogens with one attached hydrogen (secondary N) is 2. The predicted octanol–water partition coefficient (Wildman–Crippen LogP) is 3.00. The molecule has 0 atom stereocenters. The van der Waals surface area contributed by atoms with E-state index in [1.807, 2.05) is 0 Å². The minimum absolute atomic E-state index is 0. The molecule has 1 saturated heterocycles. The summed E-state index contributed by atoms with van der Waals surface area (Å²) in [5, 5.41) is 10.7. The van der Waals surface area contributed by atoms with Gasteiger partial charge in [0.15, 0.2) is 17.3 Å². The van der Waals surface area contributed by atoms with Gasteiger partial charge in [-0.25, -0.2) is 4.68 Å². The fraction of sp³-hybridized carbons (Fsp3) is 0.550. The second-order valence-corrected chi connectivity index (χ2v) is 7.47. The Kier molecular flexibility index (Phi) is 8.28. The molecule has 1 aromatic heterocycles. The summed E-state index contributed by atoms with van der Waals surface area (Å²) in [4.78, 5) is 17.2. The molecule has 0 aliphatic carbocycles. The van der Waals surface area contributed by atoms with Gasteiger partial charge in [-0.1, -0.05) is 13.8 Å². The highest BCUT2D eigenvalue weighted by Gasteiger charge is 2.22. The van der Waals surface area contributed by atoms with Crippen molar-refractivity contribution < 1.29 is 14.3 Å². The quantitative estimate of drug-likeness (QED) is 0.711. The number of methoxy groups -OCH3 is 1. The van der Waals surface area contributed by atoms with Gasteiger partial charge in [-0.3, -0.25) is 10.1 Å². The number of piperidine rings is 1. The third-order valence-electron chi connectivity index (χ3n) is 4.71. The third-order valence-corrected chi connectivity index (χ3v) is 4.71. The molecule has 2 heterocycles. The first-order chi connectivity index (χ1) is 13.5. The lowest BCUT2D eigenvalue weighted by Gasteiger charge is -2.19. The van der Waals surface area contributed by atoms with Crippen LogP contribution < -0.4 is 20.1 Å². The van der Waals surface area contributed by atoms with Crippen LogP contribution in [0.4, 0.5) is 5.95 Å². The molecule has 160 valence electrons. The SMILES string of the molecule is COc1cc(C(=O)Nc2nc(C3CCNCC3)nn2C)ccc1OCC(C)C.Cl. The zero-order valence-electron chi connectivity index (χ0n) is 17.4. The summed E-state index contributed by atoms with van der Waals surface area (Å²) in [7, 11) is 3.35. The van der Waals surface area contributed by atoms with Crippen molar-refractivity contribution >= 4 is 24.3 Å². The lowest BCUT2D eigenvalue weighted by atomic mass is 9.98.